The van der Waals surface area contributed by atoms with E-state index in [2.05, 4.69) is 9.89 Å². The van der Waals surface area contributed by atoms with Gasteiger partial charge in [-0.25, -0.2) is 10.3 Å². The molecule has 0 atom stereocenters. The van der Waals surface area contributed by atoms with E-state index in [0.717, 1.165) is 0 Å². The zero-order valence-electron chi connectivity index (χ0n) is 7.37. The van der Waals surface area contributed by atoms with Crippen LogP contribution in [-0.2, 0) is 4.74 Å². The molecule has 0 bridgehead atoms. The first-order valence-corrected chi connectivity index (χ1v) is 3.30. The lowest BCUT2D eigenvalue weighted by Crippen LogP contribution is -2.19. The Morgan fingerprint density at radius 2 is 2.00 bits per heavy atom. The highest BCUT2D eigenvalue weighted by molar-refractivity contribution is 5.78. The summed E-state index contributed by atoms with van der Waals surface area (Å²) in [6.45, 7) is 5.36. The molecular formula is C6H14N2O4. The van der Waals surface area contributed by atoms with Crippen LogP contribution in [0.3, 0.4) is 0 Å². The van der Waals surface area contributed by atoms with Gasteiger partial charge in [-0.15, -0.1) is 0 Å². The van der Waals surface area contributed by atoms with Gasteiger partial charge in [-0.3, -0.25) is 5.21 Å². The number of carbonyl (C=O) groups excluding carboxylic acids is 1. The Morgan fingerprint density at radius 1 is 1.58 bits per heavy atom. The maximum Gasteiger partial charge on any atom is 0.431 e. The second-order valence-corrected chi connectivity index (χ2v) is 1.88. The molecule has 0 saturated carbocycles. The molecule has 0 aromatic rings. The molecule has 0 aliphatic carbocycles. The summed E-state index contributed by atoms with van der Waals surface area (Å²) in [6.07, 6.45) is -0.817. The maximum atomic E-state index is 9.83. The Kier molecular flexibility index (Phi) is 10.8. The van der Waals surface area contributed by atoms with Crippen molar-refractivity contribution in [2.75, 3.05) is 6.61 Å². The van der Waals surface area contributed by atoms with Crippen molar-refractivity contribution >= 4 is 11.8 Å². The molecule has 3 N–H and O–H groups in total. The van der Waals surface area contributed by atoms with Gasteiger partial charge in [0.05, 0.1) is 12.3 Å². The van der Waals surface area contributed by atoms with Crippen molar-refractivity contribution in [2.24, 2.45) is 5.16 Å². The number of hydrogen-bond donors (Lipinski definition) is 3. The molecule has 72 valence electrons. The van der Waals surface area contributed by atoms with Gasteiger partial charge in [0.1, 0.15) is 0 Å². The summed E-state index contributed by atoms with van der Waals surface area (Å²) >= 11 is 0. The number of carbonyl (C=O) groups is 1. The zero-order chi connectivity index (χ0) is 9.98. The lowest BCUT2D eigenvalue weighted by Gasteiger charge is -1.94. The minimum Gasteiger partial charge on any atom is -0.448 e. The van der Waals surface area contributed by atoms with E-state index >= 15 is 0 Å². The highest BCUT2D eigenvalue weighted by atomic mass is 16.6. The fourth-order valence-electron chi connectivity index (χ4n) is 0.163. The minimum atomic E-state index is -0.817. The lowest BCUT2D eigenvalue weighted by atomic mass is 10.5. The SMILES string of the molecule is CC(C)=NO.CCOC(=O)NO. The predicted octanol–water partition coefficient (Wildman–Crippen LogP) is 0.978. The molecule has 0 aliphatic heterocycles. The Labute approximate surface area is 70.8 Å². The normalized spacial score (nSPS) is 7.33. The Hall–Kier alpha value is -1.30. The molecule has 0 spiro atoms. The van der Waals surface area contributed by atoms with Gasteiger partial charge in [-0.2, -0.15) is 0 Å². The van der Waals surface area contributed by atoms with Crippen LogP contribution in [0.1, 0.15) is 20.8 Å². The van der Waals surface area contributed by atoms with Crippen molar-refractivity contribution in [1.29, 1.82) is 0 Å². The minimum absolute atomic E-state index is 0.270. The number of hydroxylamine groups is 1. The number of amides is 1. The van der Waals surface area contributed by atoms with E-state index in [9.17, 15) is 4.79 Å². The van der Waals surface area contributed by atoms with E-state index in [1.807, 2.05) is 0 Å². The van der Waals surface area contributed by atoms with Crippen LogP contribution >= 0.6 is 0 Å². The average Bonchev–Trinajstić information content (AvgIpc) is 2.06. The summed E-state index contributed by atoms with van der Waals surface area (Å²) in [4.78, 5) is 9.83. The van der Waals surface area contributed by atoms with Crippen molar-refractivity contribution in [3.63, 3.8) is 0 Å². The second kappa shape index (κ2) is 9.70. The number of ether oxygens (including phenoxy) is 1. The quantitative estimate of drug-likeness (QED) is 0.241. The highest BCUT2D eigenvalue weighted by Crippen LogP contribution is 1.70. The lowest BCUT2D eigenvalue weighted by molar-refractivity contribution is 0.0929. The third-order valence-corrected chi connectivity index (χ3v) is 0.567. The van der Waals surface area contributed by atoms with Crippen molar-refractivity contribution in [1.82, 2.24) is 5.48 Å². The molecule has 0 unspecified atom stereocenters. The number of nitrogens with zero attached hydrogens (tertiary/aromatic N) is 1. The van der Waals surface area contributed by atoms with E-state index in [1.54, 1.807) is 20.8 Å². The van der Waals surface area contributed by atoms with Crippen molar-refractivity contribution < 1.29 is 19.9 Å². The fourth-order valence-corrected chi connectivity index (χ4v) is 0.163. The first-order valence-electron chi connectivity index (χ1n) is 3.30. The highest BCUT2D eigenvalue weighted by Gasteiger charge is 1.91. The first kappa shape index (κ1) is 13.3. The number of rotatable bonds is 1. The third kappa shape index (κ3) is 15.9. The van der Waals surface area contributed by atoms with E-state index < -0.39 is 6.09 Å². The molecule has 0 aromatic carbocycles. The summed E-state index contributed by atoms with van der Waals surface area (Å²) in [7, 11) is 0. The van der Waals surface area contributed by atoms with Crippen LogP contribution in [0, 0.1) is 0 Å². The molecule has 0 aromatic heterocycles. The molecule has 6 heteroatoms. The van der Waals surface area contributed by atoms with Crippen molar-refractivity contribution in [3.05, 3.63) is 0 Å². The molecule has 1 amide bonds. The molecule has 12 heavy (non-hydrogen) atoms. The predicted molar refractivity (Wildman–Crippen MR) is 42.5 cm³/mol. The van der Waals surface area contributed by atoms with E-state index in [-0.39, 0.29) is 6.61 Å². The van der Waals surface area contributed by atoms with Crippen LogP contribution in [0.15, 0.2) is 5.16 Å². The van der Waals surface area contributed by atoms with Crippen LogP contribution < -0.4 is 5.48 Å². The van der Waals surface area contributed by atoms with Crippen molar-refractivity contribution in [3.8, 4) is 0 Å². The maximum absolute atomic E-state index is 9.83. The topological polar surface area (TPSA) is 91.2 Å². The van der Waals surface area contributed by atoms with Crippen LogP contribution in [0.4, 0.5) is 4.79 Å². The van der Waals surface area contributed by atoms with Gasteiger partial charge in [0, 0.05) is 0 Å². The van der Waals surface area contributed by atoms with Crippen LogP contribution in [0.25, 0.3) is 0 Å². The second-order valence-electron chi connectivity index (χ2n) is 1.88. The third-order valence-electron chi connectivity index (χ3n) is 0.567. The van der Waals surface area contributed by atoms with E-state index in [4.69, 9.17) is 10.4 Å². The average molecular weight is 178 g/mol. The smallest absolute Gasteiger partial charge is 0.431 e. The van der Waals surface area contributed by atoms with Crippen LogP contribution in [0.5, 0.6) is 0 Å². The summed E-state index contributed by atoms with van der Waals surface area (Å²) in [5, 5.41) is 18.3. The molecular weight excluding hydrogens is 164 g/mol. The molecule has 0 fully saturated rings. The Balaban J connectivity index is 0. The summed E-state index contributed by atoms with van der Waals surface area (Å²) in [5.74, 6) is 0. The van der Waals surface area contributed by atoms with Gasteiger partial charge in [0.15, 0.2) is 0 Å². The summed E-state index contributed by atoms with van der Waals surface area (Å²) in [5.41, 5.74) is 1.99. The molecule has 0 rings (SSSR count). The fraction of sp³-hybridized carbons (Fsp3) is 0.667. The van der Waals surface area contributed by atoms with Gasteiger partial charge < -0.3 is 9.94 Å². The van der Waals surface area contributed by atoms with Gasteiger partial charge in [-0.1, -0.05) is 5.16 Å². The van der Waals surface area contributed by atoms with Gasteiger partial charge in [0.2, 0.25) is 0 Å². The van der Waals surface area contributed by atoms with Crippen LogP contribution in [0.2, 0.25) is 0 Å². The summed E-state index contributed by atoms with van der Waals surface area (Å²) in [6, 6.07) is 0. The number of oxime groups is 1. The molecule has 0 radical (unpaired) electrons. The van der Waals surface area contributed by atoms with E-state index in [0.29, 0.717) is 5.71 Å². The molecule has 0 heterocycles. The van der Waals surface area contributed by atoms with Crippen molar-refractivity contribution in [2.45, 2.75) is 20.8 Å². The standard InChI is InChI=1S/C3H7NO3.C3H7NO/c1-2-7-3(5)4-6;1-3(2)4-5/h6H,2H2,1H3,(H,4,5);5H,1-2H3. The zero-order valence-corrected chi connectivity index (χ0v) is 7.37. The Morgan fingerprint density at radius 3 is 2.08 bits per heavy atom. The largest absolute Gasteiger partial charge is 0.448 e. The number of hydrogen-bond acceptors (Lipinski definition) is 5. The monoisotopic (exact) mass is 178 g/mol. The van der Waals surface area contributed by atoms with E-state index in [1.165, 1.54) is 5.48 Å². The first-order chi connectivity index (χ1) is 5.58. The Bertz CT molecular complexity index is 142. The van der Waals surface area contributed by atoms with Gasteiger partial charge in [-0.05, 0) is 20.8 Å². The summed E-state index contributed by atoms with van der Waals surface area (Å²) < 4.78 is 4.19. The molecule has 0 saturated heterocycles. The van der Waals surface area contributed by atoms with Gasteiger partial charge >= 0.3 is 6.09 Å². The number of nitrogens with one attached hydrogen (secondary N) is 1. The van der Waals surface area contributed by atoms with Crippen LogP contribution in [-0.4, -0.2) is 28.8 Å². The molecule has 0 aliphatic rings. The molecule has 6 nitrogen and oxygen atoms in total. The van der Waals surface area contributed by atoms with Gasteiger partial charge in [0.25, 0.3) is 0 Å².